The molecule has 1 aliphatic rings. The smallest absolute Gasteiger partial charge is 0.160 e. The van der Waals surface area contributed by atoms with Crippen molar-refractivity contribution in [3.63, 3.8) is 0 Å². The van der Waals surface area contributed by atoms with E-state index in [0.717, 1.165) is 44.7 Å². The van der Waals surface area contributed by atoms with Crippen molar-refractivity contribution in [1.29, 1.82) is 0 Å². The molecule has 0 spiro atoms. The second-order valence-electron chi connectivity index (χ2n) is 18.1. The van der Waals surface area contributed by atoms with Crippen LogP contribution in [0.2, 0.25) is 0 Å². The van der Waals surface area contributed by atoms with E-state index >= 15 is 0 Å². The van der Waals surface area contributed by atoms with Gasteiger partial charge in [0.1, 0.15) is 0 Å². The van der Waals surface area contributed by atoms with Crippen molar-refractivity contribution in [2.75, 3.05) is 0 Å². The molecule has 0 aliphatic heterocycles. The Balaban J connectivity index is 0.985. The van der Waals surface area contributed by atoms with E-state index in [1.165, 1.54) is 76.9 Å². The summed E-state index contributed by atoms with van der Waals surface area (Å²) in [6, 6.07) is 81.3. The van der Waals surface area contributed by atoms with Crippen LogP contribution in [-0.2, 0) is 5.41 Å². The van der Waals surface area contributed by atoms with Crippen LogP contribution >= 0.6 is 0 Å². The van der Waals surface area contributed by atoms with Crippen molar-refractivity contribution in [2.45, 2.75) is 19.3 Å². The maximum atomic E-state index is 5.36. The molecule has 0 amide bonds. The van der Waals surface area contributed by atoms with Crippen molar-refractivity contribution in [3.8, 4) is 73.0 Å². The highest BCUT2D eigenvalue weighted by molar-refractivity contribution is 6.14. The van der Waals surface area contributed by atoms with Gasteiger partial charge < -0.3 is 4.57 Å². The third kappa shape index (κ3) is 5.90. The van der Waals surface area contributed by atoms with Crippen LogP contribution in [0.3, 0.4) is 0 Å². The lowest BCUT2D eigenvalue weighted by Crippen LogP contribution is -2.14. The van der Waals surface area contributed by atoms with Gasteiger partial charge in [-0.05, 0) is 103 Å². The molecule has 3 nitrogen and oxygen atoms in total. The lowest BCUT2D eigenvalue weighted by Gasteiger charge is -2.22. The van der Waals surface area contributed by atoms with Crippen LogP contribution in [-0.4, -0.2) is 14.5 Å². The van der Waals surface area contributed by atoms with Crippen molar-refractivity contribution < 1.29 is 0 Å². The summed E-state index contributed by atoms with van der Waals surface area (Å²) in [6.07, 6.45) is 0. The molecule has 0 unspecified atom stereocenters. The zero-order valence-corrected chi connectivity index (χ0v) is 36.7. The van der Waals surface area contributed by atoms with Gasteiger partial charge >= 0.3 is 0 Å². The van der Waals surface area contributed by atoms with Gasteiger partial charge in [-0.15, -0.1) is 0 Å². The first kappa shape index (κ1) is 38.1. The van der Waals surface area contributed by atoms with Crippen LogP contribution in [0, 0.1) is 0 Å². The zero-order chi connectivity index (χ0) is 43.9. The second-order valence-corrected chi connectivity index (χ2v) is 18.1. The van der Waals surface area contributed by atoms with Gasteiger partial charge in [0.15, 0.2) is 5.82 Å². The minimum absolute atomic E-state index is 0.129. The minimum Gasteiger partial charge on any atom is -0.309 e. The first-order valence-corrected chi connectivity index (χ1v) is 22.8. The Morgan fingerprint density at radius 2 is 0.955 bits per heavy atom. The summed E-state index contributed by atoms with van der Waals surface area (Å²) >= 11 is 0. The number of hydrogen-bond acceptors (Lipinski definition) is 2. The Morgan fingerprint density at radius 1 is 0.364 bits per heavy atom. The molecule has 0 fully saturated rings. The average Bonchev–Trinajstić information content (AvgIpc) is 3.83. The molecular formula is C63H43N3. The largest absolute Gasteiger partial charge is 0.309 e. The molecule has 10 aromatic carbocycles. The Kier molecular flexibility index (Phi) is 8.56. The number of para-hydroxylation sites is 3. The van der Waals surface area contributed by atoms with Gasteiger partial charge in [0.25, 0.3) is 0 Å². The van der Waals surface area contributed by atoms with Crippen LogP contribution in [0.4, 0.5) is 0 Å². The SMILES string of the molecule is CC1(C)c2cc3ccccc3cc2-c2c(-c3ccc(-c4cc(-c5cccc(-c6cccc7c8ccccc8n(-c8ccccc8)c67)c5)nc(-c5ccccc5)n4)c4ccccc34)cccc21. The molecule has 0 radical (unpaired) electrons. The summed E-state index contributed by atoms with van der Waals surface area (Å²) < 4.78 is 2.41. The standard InChI is InChI=1S/C63H43N3/c1-63(2)55-32-17-30-52(60(55)54-37-41-20-9-10-21-42(41)38-56(54)63)49-34-35-50(48-27-12-11-26-47(48)49)58-39-57(64-62(65-58)40-18-5-3-6-19-40)44-23-15-22-43(36-44)46-29-16-31-53-51-28-13-14-33-59(51)66(61(46)53)45-24-7-4-8-25-45/h3-39H,1-2H3. The van der Waals surface area contributed by atoms with Crippen molar-refractivity contribution in [1.82, 2.24) is 14.5 Å². The van der Waals surface area contributed by atoms with Crippen LogP contribution in [0.1, 0.15) is 25.0 Å². The summed E-state index contributed by atoms with van der Waals surface area (Å²) in [4.78, 5) is 10.7. The Morgan fingerprint density at radius 3 is 1.77 bits per heavy atom. The Bertz CT molecular complexity index is 3900. The monoisotopic (exact) mass is 841 g/mol. The minimum atomic E-state index is -0.129. The van der Waals surface area contributed by atoms with Crippen LogP contribution in [0.5, 0.6) is 0 Å². The number of fused-ring (bicyclic) bond motifs is 8. The highest BCUT2D eigenvalue weighted by atomic mass is 15.0. The van der Waals surface area contributed by atoms with Gasteiger partial charge in [0, 0.05) is 44.1 Å². The van der Waals surface area contributed by atoms with E-state index in [9.17, 15) is 0 Å². The second kappa shape index (κ2) is 14.8. The van der Waals surface area contributed by atoms with Crippen LogP contribution in [0.15, 0.2) is 224 Å². The third-order valence-electron chi connectivity index (χ3n) is 14.0. The number of nitrogens with zero attached hydrogens (tertiary/aromatic N) is 3. The van der Waals surface area contributed by atoms with Gasteiger partial charge in [-0.3, -0.25) is 0 Å². The fourth-order valence-electron chi connectivity index (χ4n) is 10.8. The molecule has 0 saturated heterocycles. The number of aromatic nitrogens is 3. The predicted octanol–water partition coefficient (Wildman–Crippen LogP) is 16.5. The maximum Gasteiger partial charge on any atom is 0.160 e. The van der Waals surface area contributed by atoms with Crippen molar-refractivity contribution in [3.05, 3.63) is 236 Å². The van der Waals surface area contributed by atoms with Gasteiger partial charge in [0.05, 0.1) is 22.4 Å². The molecule has 0 atom stereocenters. The summed E-state index contributed by atoms with van der Waals surface area (Å²) in [5, 5.41) is 7.36. The van der Waals surface area contributed by atoms with Crippen LogP contribution in [0.25, 0.3) is 116 Å². The molecular weight excluding hydrogens is 799 g/mol. The summed E-state index contributed by atoms with van der Waals surface area (Å²) in [7, 11) is 0. The topological polar surface area (TPSA) is 30.7 Å². The molecule has 0 N–H and O–H groups in total. The quantitative estimate of drug-likeness (QED) is 0.167. The van der Waals surface area contributed by atoms with Gasteiger partial charge in [-0.1, -0.05) is 196 Å². The van der Waals surface area contributed by atoms with E-state index in [1.807, 2.05) is 6.07 Å². The Hall–Kier alpha value is -8.40. The zero-order valence-electron chi connectivity index (χ0n) is 36.7. The highest BCUT2D eigenvalue weighted by Crippen LogP contribution is 2.54. The lowest BCUT2D eigenvalue weighted by molar-refractivity contribution is 0.661. The average molecular weight is 842 g/mol. The fraction of sp³-hybridized carbons (Fsp3) is 0.0476. The molecule has 310 valence electrons. The molecule has 2 aromatic heterocycles. The van der Waals surface area contributed by atoms with Crippen molar-refractivity contribution >= 4 is 43.4 Å². The summed E-state index contributed by atoms with van der Waals surface area (Å²) in [5.74, 6) is 0.694. The van der Waals surface area contributed by atoms with Crippen LogP contribution < -0.4 is 0 Å². The molecule has 12 aromatic rings. The third-order valence-corrected chi connectivity index (χ3v) is 14.0. The predicted molar refractivity (Wildman–Crippen MR) is 276 cm³/mol. The van der Waals surface area contributed by atoms with E-state index in [4.69, 9.17) is 9.97 Å². The fourth-order valence-corrected chi connectivity index (χ4v) is 10.8. The number of benzene rings is 10. The van der Waals surface area contributed by atoms with Gasteiger partial charge in [-0.25, -0.2) is 9.97 Å². The number of hydrogen-bond donors (Lipinski definition) is 0. The molecule has 2 heterocycles. The highest BCUT2D eigenvalue weighted by Gasteiger charge is 2.37. The van der Waals surface area contributed by atoms with E-state index in [-0.39, 0.29) is 5.41 Å². The molecule has 1 aliphatic carbocycles. The van der Waals surface area contributed by atoms with E-state index < -0.39 is 0 Å². The lowest BCUT2D eigenvalue weighted by atomic mass is 9.81. The molecule has 3 heteroatoms. The number of rotatable bonds is 6. The molecule has 13 rings (SSSR count). The Labute approximate surface area is 384 Å². The first-order chi connectivity index (χ1) is 32.5. The summed E-state index contributed by atoms with van der Waals surface area (Å²) in [5.41, 5.74) is 18.4. The van der Waals surface area contributed by atoms with E-state index in [1.54, 1.807) is 0 Å². The van der Waals surface area contributed by atoms with Gasteiger partial charge in [0.2, 0.25) is 0 Å². The van der Waals surface area contributed by atoms with E-state index in [0.29, 0.717) is 5.82 Å². The molecule has 66 heavy (non-hydrogen) atoms. The van der Waals surface area contributed by atoms with Gasteiger partial charge in [-0.2, -0.15) is 0 Å². The molecule has 0 saturated carbocycles. The van der Waals surface area contributed by atoms with Crippen molar-refractivity contribution in [2.24, 2.45) is 0 Å². The van der Waals surface area contributed by atoms with E-state index in [2.05, 4.69) is 237 Å². The molecule has 0 bridgehead atoms. The summed E-state index contributed by atoms with van der Waals surface area (Å²) in [6.45, 7) is 4.74. The normalized spacial score (nSPS) is 12.8. The maximum absolute atomic E-state index is 5.36. The first-order valence-electron chi connectivity index (χ1n) is 22.8.